The van der Waals surface area contributed by atoms with E-state index in [2.05, 4.69) is 57.1 Å². The van der Waals surface area contributed by atoms with Gasteiger partial charge in [-0.3, -0.25) is 9.89 Å². The number of benzene rings is 2. The maximum absolute atomic E-state index is 13.0. The maximum Gasteiger partial charge on any atom is 0.275 e. The predicted molar refractivity (Wildman–Crippen MR) is 100 cm³/mol. The van der Waals surface area contributed by atoms with Gasteiger partial charge in [-0.2, -0.15) is 0 Å². The van der Waals surface area contributed by atoms with Crippen LogP contribution in [0.25, 0.3) is 16.9 Å². The maximum atomic E-state index is 13.0. The lowest BCUT2D eigenvalue weighted by atomic mass is 10.0. The Morgan fingerprint density at radius 3 is 2.38 bits per heavy atom. The van der Waals surface area contributed by atoms with Crippen LogP contribution in [-0.2, 0) is 6.42 Å². The molecule has 0 spiro atoms. The van der Waals surface area contributed by atoms with Crippen LogP contribution in [0.5, 0.6) is 0 Å². The minimum absolute atomic E-state index is 0.0540. The number of aromatic amines is 1. The van der Waals surface area contributed by atoms with E-state index >= 15 is 0 Å². The standard InChI is InChI=1S/C21H24N2O/c1-5-8-19-20(18-10-7-6-9-15(18)3)22-23(21(19)24)17-12-11-14(2)16(4)13-17/h6-7,9-13,22H,5,8H2,1-4H3. The van der Waals surface area contributed by atoms with Crippen LogP contribution in [0.2, 0.25) is 0 Å². The number of rotatable bonds is 4. The molecule has 3 aromatic rings. The molecule has 3 rings (SSSR count). The molecule has 0 amide bonds. The van der Waals surface area contributed by atoms with E-state index in [1.807, 2.05) is 18.2 Å². The third-order valence-electron chi connectivity index (χ3n) is 4.65. The van der Waals surface area contributed by atoms with Gasteiger partial charge in [0.25, 0.3) is 5.56 Å². The molecule has 0 aliphatic rings. The second-order valence-corrected chi connectivity index (χ2v) is 6.44. The molecule has 124 valence electrons. The normalized spacial score (nSPS) is 11.0. The van der Waals surface area contributed by atoms with Crippen molar-refractivity contribution >= 4 is 0 Å². The molecule has 0 aliphatic heterocycles. The average Bonchev–Trinajstić information content (AvgIpc) is 2.88. The van der Waals surface area contributed by atoms with Gasteiger partial charge >= 0.3 is 0 Å². The summed E-state index contributed by atoms with van der Waals surface area (Å²) in [5, 5.41) is 3.36. The average molecular weight is 320 g/mol. The second kappa shape index (κ2) is 6.52. The summed E-state index contributed by atoms with van der Waals surface area (Å²) in [7, 11) is 0. The van der Waals surface area contributed by atoms with Crippen LogP contribution in [0.1, 0.15) is 35.6 Å². The van der Waals surface area contributed by atoms with Gasteiger partial charge in [-0.25, -0.2) is 4.68 Å². The topological polar surface area (TPSA) is 37.8 Å². The highest BCUT2D eigenvalue weighted by Crippen LogP contribution is 2.25. The summed E-state index contributed by atoms with van der Waals surface area (Å²) in [4.78, 5) is 13.0. The molecule has 0 saturated carbocycles. The molecular weight excluding hydrogens is 296 g/mol. The smallest absolute Gasteiger partial charge is 0.275 e. The first-order valence-corrected chi connectivity index (χ1v) is 8.50. The number of nitrogens with zero attached hydrogens (tertiary/aromatic N) is 1. The van der Waals surface area contributed by atoms with E-state index in [9.17, 15) is 4.79 Å². The highest BCUT2D eigenvalue weighted by Gasteiger charge is 2.17. The third-order valence-corrected chi connectivity index (χ3v) is 4.65. The zero-order valence-corrected chi connectivity index (χ0v) is 14.8. The van der Waals surface area contributed by atoms with Crippen molar-refractivity contribution in [2.75, 3.05) is 0 Å². The minimum atomic E-state index is 0.0540. The van der Waals surface area contributed by atoms with E-state index in [0.717, 1.165) is 35.3 Å². The quantitative estimate of drug-likeness (QED) is 0.742. The Morgan fingerprint density at radius 1 is 0.958 bits per heavy atom. The molecule has 0 atom stereocenters. The second-order valence-electron chi connectivity index (χ2n) is 6.44. The van der Waals surface area contributed by atoms with Gasteiger partial charge in [-0.1, -0.05) is 43.7 Å². The van der Waals surface area contributed by atoms with Crippen LogP contribution >= 0.6 is 0 Å². The van der Waals surface area contributed by atoms with E-state index in [0.29, 0.717) is 0 Å². The Bertz CT molecular complexity index is 931. The van der Waals surface area contributed by atoms with Crippen molar-refractivity contribution in [3.8, 4) is 16.9 Å². The van der Waals surface area contributed by atoms with Gasteiger partial charge in [0.15, 0.2) is 0 Å². The highest BCUT2D eigenvalue weighted by molar-refractivity contribution is 5.67. The van der Waals surface area contributed by atoms with E-state index in [1.165, 1.54) is 16.7 Å². The molecule has 0 radical (unpaired) electrons. The summed E-state index contributed by atoms with van der Waals surface area (Å²) in [6.45, 7) is 8.34. The Labute approximate surface area is 143 Å². The molecule has 0 bridgehead atoms. The fourth-order valence-corrected chi connectivity index (χ4v) is 3.08. The van der Waals surface area contributed by atoms with Crippen LogP contribution < -0.4 is 5.56 Å². The Hall–Kier alpha value is -2.55. The van der Waals surface area contributed by atoms with Crippen LogP contribution in [0.15, 0.2) is 47.3 Å². The van der Waals surface area contributed by atoms with Gasteiger partial charge < -0.3 is 0 Å². The van der Waals surface area contributed by atoms with Crippen molar-refractivity contribution < 1.29 is 0 Å². The van der Waals surface area contributed by atoms with E-state index in [1.54, 1.807) is 4.68 Å². The lowest BCUT2D eigenvalue weighted by Crippen LogP contribution is -2.17. The number of aromatic nitrogens is 2. The fourth-order valence-electron chi connectivity index (χ4n) is 3.08. The van der Waals surface area contributed by atoms with Crippen molar-refractivity contribution in [3.05, 3.63) is 75.1 Å². The molecule has 2 aromatic carbocycles. The zero-order chi connectivity index (χ0) is 17.3. The van der Waals surface area contributed by atoms with Crippen LogP contribution in [0.3, 0.4) is 0 Å². The SMILES string of the molecule is CCCc1c(-c2ccccc2C)[nH]n(-c2ccc(C)c(C)c2)c1=O. The lowest BCUT2D eigenvalue weighted by molar-refractivity contribution is 0.840. The number of H-pyrrole nitrogens is 1. The molecule has 0 aliphatic carbocycles. The first-order valence-electron chi connectivity index (χ1n) is 8.50. The van der Waals surface area contributed by atoms with E-state index in [4.69, 9.17) is 0 Å². The first-order chi connectivity index (χ1) is 11.5. The summed E-state index contributed by atoms with van der Waals surface area (Å²) >= 11 is 0. The molecule has 3 nitrogen and oxygen atoms in total. The molecule has 1 N–H and O–H groups in total. The lowest BCUT2D eigenvalue weighted by Gasteiger charge is -2.07. The highest BCUT2D eigenvalue weighted by atomic mass is 16.1. The van der Waals surface area contributed by atoms with Gasteiger partial charge in [0.05, 0.1) is 11.4 Å². The zero-order valence-electron chi connectivity index (χ0n) is 14.8. The van der Waals surface area contributed by atoms with Crippen LogP contribution in [-0.4, -0.2) is 9.78 Å². The fraction of sp³-hybridized carbons (Fsp3) is 0.286. The molecule has 3 heteroatoms. The van der Waals surface area contributed by atoms with Crippen LogP contribution in [0, 0.1) is 20.8 Å². The van der Waals surface area contributed by atoms with Crippen molar-refractivity contribution in [2.45, 2.75) is 40.5 Å². The largest absolute Gasteiger partial charge is 0.290 e. The summed E-state index contributed by atoms with van der Waals surface area (Å²) in [6, 6.07) is 14.3. The minimum Gasteiger partial charge on any atom is -0.290 e. The third kappa shape index (κ3) is 2.82. The number of hydrogen-bond acceptors (Lipinski definition) is 1. The molecule has 24 heavy (non-hydrogen) atoms. The number of nitrogens with one attached hydrogen (secondary N) is 1. The molecule has 0 saturated heterocycles. The Kier molecular flexibility index (Phi) is 4.43. The summed E-state index contributed by atoms with van der Waals surface area (Å²) in [6.07, 6.45) is 1.72. The van der Waals surface area contributed by atoms with Crippen molar-refractivity contribution in [3.63, 3.8) is 0 Å². The van der Waals surface area contributed by atoms with Gasteiger partial charge in [-0.05, 0) is 56.0 Å². The molecule has 0 unspecified atom stereocenters. The monoisotopic (exact) mass is 320 g/mol. The van der Waals surface area contributed by atoms with Crippen molar-refractivity contribution in [1.82, 2.24) is 9.78 Å². The van der Waals surface area contributed by atoms with E-state index in [-0.39, 0.29) is 5.56 Å². The molecule has 0 fully saturated rings. The number of aryl methyl sites for hydroxylation is 3. The molecule has 1 heterocycles. The summed E-state index contributed by atoms with van der Waals surface area (Å²) in [5.41, 5.74) is 7.43. The van der Waals surface area contributed by atoms with Gasteiger partial charge in [-0.15, -0.1) is 0 Å². The van der Waals surface area contributed by atoms with Gasteiger partial charge in [0.1, 0.15) is 0 Å². The first kappa shape index (κ1) is 16.3. The molecular formula is C21H24N2O. The Morgan fingerprint density at radius 2 is 1.71 bits per heavy atom. The predicted octanol–water partition coefficient (Wildman–Crippen LogP) is 4.71. The van der Waals surface area contributed by atoms with Gasteiger partial charge in [0, 0.05) is 11.1 Å². The van der Waals surface area contributed by atoms with Crippen molar-refractivity contribution in [2.24, 2.45) is 0 Å². The van der Waals surface area contributed by atoms with Crippen molar-refractivity contribution in [1.29, 1.82) is 0 Å². The van der Waals surface area contributed by atoms with Crippen LogP contribution in [0.4, 0.5) is 0 Å². The number of hydrogen-bond donors (Lipinski definition) is 1. The molecule has 1 aromatic heterocycles. The summed E-state index contributed by atoms with van der Waals surface area (Å²) in [5.74, 6) is 0. The van der Waals surface area contributed by atoms with E-state index < -0.39 is 0 Å². The summed E-state index contributed by atoms with van der Waals surface area (Å²) < 4.78 is 1.68. The Balaban J connectivity index is 2.23. The van der Waals surface area contributed by atoms with Gasteiger partial charge in [0.2, 0.25) is 0 Å².